The monoisotopic (exact) mass is 271 g/mol. The van der Waals surface area contributed by atoms with E-state index in [9.17, 15) is 9.50 Å². The molecule has 0 heterocycles. The van der Waals surface area contributed by atoms with E-state index in [1.165, 1.54) is 18.2 Å². The van der Waals surface area contributed by atoms with Crippen molar-refractivity contribution in [3.05, 3.63) is 65.0 Å². The third kappa shape index (κ3) is 3.35. The largest absolute Gasteiger partial charge is 0.508 e. The quantitative estimate of drug-likeness (QED) is 0.731. The molecule has 0 fully saturated rings. The molecule has 0 aromatic heterocycles. The summed E-state index contributed by atoms with van der Waals surface area (Å²) in [6.45, 7) is -0.262. The molecule has 0 bridgehead atoms. The third-order valence-electron chi connectivity index (χ3n) is 2.82. The van der Waals surface area contributed by atoms with E-state index < -0.39 is 6.04 Å². The molecule has 0 radical (unpaired) electrons. The summed E-state index contributed by atoms with van der Waals surface area (Å²) in [5.41, 5.74) is 7.48. The van der Waals surface area contributed by atoms with Gasteiger partial charge in [-0.05, 0) is 42.5 Å². The first-order valence-corrected chi connectivity index (χ1v) is 6.07. The second-order valence-electron chi connectivity index (χ2n) is 4.32. The van der Waals surface area contributed by atoms with Crippen molar-refractivity contribution in [1.29, 1.82) is 0 Å². The summed E-state index contributed by atoms with van der Waals surface area (Å²) < 4.78 is 12.8. The van der Waals surface area contributed by atoms with Crippen LogP contribution >= 0.6 is 0 Å². The first-order chi connectivity index (χ1) is 9.60. The predicted molar refractivity (Wildman–Crippen MR) is 74.5 cm³/mol. The minimum atomic E-state index is -0.650. The maximum atomic E-state index is 12.8. The van der Waals surface area contributed by atoms with Crippen molar-refractivity contribution in [2.45, 2.75) is 6.04 Å². The molecule has 0 saturated heterocycles. The number of hydrogen-bond acceptors (Lipinski definition) is 3. The number of aromatic hydroxyl groups is 1. The standard InChI is InChI=1S/C16H14FNO2/c17-13-6-3-11(4-7-13)1-2-12-5-8-16(20)14(9-12)15(18)10-19/h3-9,15,19-20H,10,18H2/t15-/m0/s1. The van der Waals surface area contributed by atoms with Gasteiger partial charge in [-0.1, -0.05) is 11.8 Å². The van der Waals surface area contributed by atoms with Crippen molar-refractivity contribution in [3.8, 4) is 17.6 Å². The van der Waals surface area contributed by atoms with Crippen LogP contribution in [0.2, 0.25) is 0 Å². The van der Waals surface area contributed by atoms with Crippen LogP contribution in [0.1, 0.15) is 22.7 Å². The molecule has 20 heavy (non-hydrogen) atoms. The van der Waals surface area contributed by atoms with Crippen molar-refractivity contribution in [1.82, 2.24) is 0 Å². The minimum absolute atomic E-state index is 0.0267. The highest BCUT2D eigenvalue weighted by Gasteiger charge is 2.09. The molecule has 1 atom stereocenters. The third-order valence-corrected chi connectivity index (χ3v) is 2.82. The first-order valence-electron chi connectivity index (χ1n) is 6.07. The van der Waals surface area contributed by atoms with E-state index in [0.29, 0.717) is 16.7 Å². The molecule has 4 heteroatoms. The van der Waals surface area contributed by atoms with Crippen LogP contribution in [0.4, 0.5) is 4.39 Å². The smallest absolute Gasteiger partial charge is 0.123 e. The summed E-state index contributed by atoms with van der Waals surface area (Å²) >= 11 is 0. The minimum Gasteiger partial charge on any atom is -0.508 e. The number of phenols is 1. The molecule has 0 unspecified atom stereocenters. The van der Waals surface area contributed by atoms with E-state index in [4.69, 9.17) is 10.8 Å². The van der Waals surface area contributed by atoms with E-state index >= 15 is 0 Å². The predicted octanol–water partition coefficient (Wildman–Crippen LogP) is 1.92. The zero-order valence-electron chi connectivity index (χ0n) is 10.7. The van der Waals surface area contributed by atoms with Gasteiger partial charge in [-0.15, -0.1) is 0 Å². The number of hydrogen-bond donors (Lipinski definition) is 3. The van der Waals surface area contributed by atoms with Crippen LogP contribution in [-0.2, 0) is 0 Å². The number of phenolic OH excluding ortho intramolecular Hbond substituents is 1. The van der Waals surface area contributed by atoms with Crippen molar-refractivity contribution in [2.75, 3.05) is 6.61 Å². The van der Waals surface area contributed by atoms with Gasteiger partial charge in [0.25, 0.3) is 0 Å². The van der Waals surface area contributed by atoms with Gasteiger partial charge in [0.1, 0.15) is 11.6 Å². The van der Waals surface area contributed by atoms with Crippen LogP contribution in [0, 0.1) is 17.7 Å². The lowest BCUT2D eigenvalue weighted by molar-refractivity contribution is 0.265. The fourth-order valence-corrected chi connectivity index (χ4v) is 1.71. The summed E-state index contributed by atoms with van der Waals surface area (Å²) in [7, 11) is 0. The van der Waals surface area contributed by atoms with Crippen molar-refractivity contribution in [2.24, 2.45) is 5.73 Å². The Kier molecular flexibility index (Phi) is 4.36. The maximum absolute atomic E-state index is 12.8. The lowest BCUT2D eigenvalue weighted by Crippen LogP contribution is -2.14. The number of aliphatic hydroxyl groups excluding tert-OH is 1. The number of aliphatic hydroxyl groups is 1. The SMILES string of the molecule is N[C@@H](CO)c1cc(C#Cc2ccc(F)cc2)ccc1O. The van der Waals surface area contributed by atoms with Gasteiger partial charge in [0.15, 0.2) is 0 Å². The molecule has 0 amide bonds. The summed E-state index contributed by atoms with van der Waals surface area (Å²) in [5.74, 6) is 5.51. The lowest BCUT2D eigenvalue weighted by Gasteiger charge is -2.10. The number of benzene rings is 2. The topological polar surface area (TPSA) is 66.5 Å². The fraction of sp³-hybridized carbons (Fsp3) is 0.125. The Morgan fingerprint density at radius 1 is 1.05 bits per heavy atom. The highest BCUT2D eigenvalue weighted by atomic mass is 19.1. The summed E-state index contributed by atoms with van der Waals surface area (Å²) in [6.07, 6.45) is 0. The van der Waals surface area contributed by atoms with Crippen LogP contribution in [-0.4, -0.2) is 16.8 Å². The molecule has 4 N–H and O–H groups in total. The van der Waals surface area contributed by atoms with Crippen molar-refractivity contribution < 1.29 is 14.6 Å². The number of halogens is 1. The molecule has 2 aromatic carbocycles. The second-order valence-corrected chi connectivity index (χ2v) is 4.32. The summed E-state index contributed by atoms with van der Waals surface area (Å²) in [6, 6.07) is 9.97. The van der Waals surface area contributed by atoms with Crippen LogP contribution in [0.25, 0.3) is 0 Å². The zero-order valence-corrected chi connectivity index (χ0v) is 10.7. The van der Waals surface area contributed by atoms with Crippen LogP contribution in [0.3, 0.4) is 0 Å². The van der Waals surface area contributed by atoms with Gasteiger partial charge in [-0.3, -0.25) is 0 Å². The average Bonchev–Trinajstić information content (AvgIpc) is 2.47. The Bertz CT molecular complexity index is 656. The molecule has 0 aliphatic heterocycles. The van der Waals surface area contributed by atoms with Gasteiger partial charge in [-0.2, -0.15) is 0 Å². The second kappa shape index (κ2) is 6.20. The lowest BCUT2D eigenvalue weighted by atomic mass is 10.0. The van der Waals surface area contributed by atoms with Crippen LogP contribution in [0.5, 0.6) is 5.75 Å². The summed E-state index contributed by atoms with van der Waals surface area (Å²) in [5, 5.41) is 18.7. The van der Waals surface area contributed by atoms with Gasteiger partial charge >= 0.3 is 0 Å². The highest BCUT2D eigenvalue weighted by molar-refractivity contribution is 5.48. The Balaban J connectivity index is 2.29. The Morgan fingerprint density at radius 2 is 1.65 bits per heavy atom. The molecular weight excluding hydrogens is 257 g/mol. The molecule has 2 aromatic rings. The molecule has 0 spiro atoms. The van der Waals surface area contributed by atoms with E-state index in [0.717, 1.165) is 0 Å². The van der Waals surface area contributed by atoms with E-state index in [2.05, 4.69) is 11.8 Å². The van der Waals surface area contributed by atoms with Gasteiger partial charge in [-0.25, -0.2) is 4.39 Å². The van der Waals surface area contributed by atoms with Crippen LogP contribution < -0.4 is 5.73 Å². The molecule has 3 nitrogen and oxygen atoms in total. The van der Waals surface area contributed by atoms with E-state index in [-0.39, 0.29) is 18.2 Å². The zero-order chi connectivity index (χ0) is 14.5. The Hall–Kier alpha value is -2.35. The molecule has 0 saturated carbocycles. The molecular formula is C16H14FNO2. The Morgan fingerprint density at radius 3 is 2.30 bits per heavy atom. The average molecular weight is 271 g/mol. The van der Waals surface area contributed by atoms with Crippen LogP contribution in [0.15, 0.2) is 42.5 Å². The van der Waals surface area contributed by atoms with Gasteiger partial charge in [0, 0.05) is 16.7 Å². The van der Waals surface area contributed by atoms with Crippen molar-refractivity contribution in [3.63, 3.8) is 0 Å². The molecule has 0 aliphatic rings. The normalized spacial score (nSPS) is 11.6. The molecule has 0 aliphatic carbocycles. The maximum Gasteiger partial charge on any atom is 0.123 e. The Labute approximate surface area is 116 Å². The number of nitrogens with two attached hydrogens (primary N) is 1. The molecule has 2 rings (SSSR count). The number of rotatable bonds is 2. The van der Waals surface area contributed by atoms with Gasteiger partial charge in [0.05, 0.1) is 12.6 Å². The summed E-state index contributed by atoms with van der Waals surface area (Å²) in [4.78, 5) is 0. The van der Waals surface area contributed by atoms with E-state index in [1.807, 2.05) is 0 Å². The van der Waals surface area contributed by atoms with Gasteiger partial charge in [0.2, 0.25) is 0 Å². The first kappa shape index (κ1) is 14.1. The highest BCUT2D eigenvalue weighted by Crippen LogP contribution is 2.23. The fourth-order valence-electron chi connectivity index (χ4n) is 1.71. The van der Waals surface area contributed by atoms with Gasteiger partial charge < -0.3 is 15.9 Å². The molecule has 102 valence electrons. The van der Waals surface area contributed by atoms with Crippen molar-refractivity contribution >= 4 is 0 Å². The van der Waals surface area contributed by atoms with E-state index in [1.54, 1.807) is 24.3 Å².